The van der Waals surface area contributed by atoms with Gasteiger partial charge in [0.05, 0.1) is 38.0 Å². The lowest BCUT2D eigenvalue weighted by molar-refractivity contribution is 1.02. The van der Waals surface area contributed by atoms with Gasteiger partial charge < -0.3 is 9.47 Å². The Hall–Kier alpha value is -9.10. The third kappa shape index (κ3) is 6.45. The van der Waals surface area contributed by atoms with E-state index >= 15 is 0 Å². The summed E-state index contributed by atoms with van der Waals surface area (Å²) < 4.78 is 5.72. The van der Waals surface area contributed by atoms with Gasteiger partial charge in [-0.1, -0.05) is 164 Å². The molecule has 328 valence electrons. The third-order valence-electron chi connectivity index (χ3n) is 13.7. The van der Waals surface area contributed by atoms with Gasteiger partial charge >= 0.3 is 0 Å². The van der Waals surface area contributed by atoms with Gasteiger partial charge in [-0.2, -0.15) is 0 Å². The maximum Gasteiger partial charge on any atom is 0.235 e. The molecule has 14 rings (SSSR count). The number of para-hydroxylation sites is 4. The normalized spacial score (nSPS) is 11.7. The number of thiophene rings is 1. The number of hydrogen-bond acceptors (Lipinski definition) is 4. The predicted molar refractivity (Wildman–Crippen MR) is 295 cm³/mol. The Balaban J connectivity index is 0.990. The Labute approximate surface area is 408 Å². The van der Waals surface area contributed by atoms with Gasteiger partial charge in [0, 0.05) is 54.7 Å². The number of benzene rings is 10. The Morgan fingerprint density at radius 3 is 1.71 bits per heavy atom. The van der Waals surface area contributed by atoms with Gasteiger partial charge in [-0.05, 0) is 112 Å². The van der Waals surface area contributed by atoms with Crippen LogP contribution in [0.3, 0.4) is 0 Å². The first-order chi connectivity index (χ1) is 34.7. The van der Waals surface area contributed by atoms with Gasteiger partial charge in [0.15, 0.2) is 0 Å². The first-order valence-electron chi connectivity index (χ1n) is 23.7. The number of aromatic nitrogens is 4. The van der Waals surface area contributed by atoms with E-state index in [1.165, 1.54) is 43.5 Å². The molecule has 70 heavy (non-hydrogen) atoms. The van der Waals surface area contributed by atoms with E-state index < -0.39 is 0 Å². The van der Waals surface area contributed by atoms with Crippen molar-refractivity contribution >= 4 is 93.0 Å². The van der Waals surface area contributed by atoms with Crippen LogP contribution in [0.4, 0.5) is 17.1 Å². The van der Waals surface area contributed by atoms with E-state index in [0.717, 1.165) is 76.6 Å². The zero-order valence-corrected chi connectivity index (χ0v) is 38.6. The molecule has 0 aliphatic carbocycles. The van der Waals surface area contributed by atoms with Crippen molar-refractivity contribution in [2.24, 2.45) is 0 Å². The minimum atomic E-state index is 0.634. The van der Waals surface area contributed by atoms with Crippen LogP contribution in [-0.4, -0.2) is 19.1 Å². The van der Waals surface area contributed by atoms with Crippen molar-refractivity contribution in [2.75, 3.05) is 4.90 Å². The molecule has 0 fully saturated rings. The molecule has 0 N–H and O–H groups in total. The van der Waals surface area contributed by atoms with E-state index in [4.69, 9.17) is 9.97 Å². The third-order valence-corrected chi connectivity index (χ3v) is 14.9. The van der Waals surface area contributed by atoms with Crippen LogP contribution in [-0.2, 0) is 0 Å². The highest BCUT2D eigenvalue weighted by molar-refractivity contribution is 7.22. The Kier molecular flexibility index (Phi) is 9.32. The summed E-state index contributed by atoms with van der Waals surface area (Å²) in [4.78, 5) is 14.6. The molecule has 0 atom stereocenters. The summed E-state index contributed by atoms with van der Waals surface area (Å²) in [6.07, 6.45) is 0. The molecule has 0 spiro atoms. The average Bonchev–Trinajstić information content (AvgIpc) is 4.13. The first-order valence-corrected chi connectivity index (χ1v) is 24.5. The summed E-state index contributed by atoms with van der Waals surface area (Å²) in [5.41, 5.74) is 15.2. The van der Waals surface area contributed by atoms with Crippen LogP contribution in [0.5, 0.6) is 0 Å². The largest absolute Gasteiger partial charge is 0.311 e. The topological polar surface area (TPSA) is 38.9 Å². The fraction of sp³-hybridized carbons (Fsp3) is 0. The average molecular weight is 912 g/mol. The van der Waals surface area contributed by atoms with Crippen LogP contribution in [0, 0.1) is 0 Å². The van der Waals surface area contributed by atoms with Crippen LogP contribution < -0.4 is 4.90 Å². The summed E-state index contributed by atoms with van der Waals surface area (Å²) in [6, 6.07) is 89.1. The maximum atomic E-state index is 5.62. The molecule has 0 bridgehead atoms. The molecule has 10 aromatic carbocycles. The number of fused-ring (bicyclic) bond motifs is 9. The molecule has 0 radical (unpaired) electrons. The van der Waals surface area contributed by atoms with Crippen LogP contribution in [0.15, 0.2) is 249 Å². The Morgan fingerprint density at radius 2 is 0.957 bits per heavy atom. The van der Waals surface area contributed by atoms with Crippen molar-refractivity contribution in [3.05, 3.63) is 249 Å². The number of nitrogens with zero attached hydrogens (tertiary/aromatic N) is 5. The smallest absolute Gasteiger partial charge is 0.235 e. The zero-order valence-electron chi connectivity index (χ0n) is 37.8. The molecule has 0 amide bonds. The van der Waals surface area contributed by atoms with Crippen LogP contribution >= 0.6 is 11.3 Å². The fourth-order valence-corrected chi connectivity index (χ4v) is 11.7. The molecule has 4 aromatic heterocycles. The molecule has 0 aliphatic heterocycles. The summed E-state index contributed by atoms with van der Waals surface area (Å²) >= 11 is 1.75. The van der Waals surface area contributed by atoms with Gasteiger partial charge in [0.25, 0.3) is 0 Å². The molecule has 6 heteroatoms. The monoisotopic (exact) mass is 911 g/mol. The second kappa shape index (κ2) is 16.3. The standard InChI is InChI=1S/C64H41N5S/c1-5-19-43(20-6-1)59-41-54-63(70-59)62(44-32-36-49(37-33-44)67(46-21-7-2-8-22-46)47-23-9-3-10-24-47)66-64(65-54)69-56-38-35-45(40-53(56)61-50-27-14-13-18-42(50)34-39-58(61)69)51-29-17-31-57-60(51)52-28-15-16-30-55(52)68(57)48-25-11-4-12-26-48/h1-41H. The van der Waals surface area contributed by atoms with Gasteiger partial charge in [0.1, 0.15) is 0 Å². The highest BCUT2D eigenvalue weighted by Crippen LogP contribution is 2.45. The van der Waals surface area contributed by atoms with Gasteiger partial charge in [0.2, 0.25) is 5.95 Å². The fourth-order valence-electron chi connectivity index (χ4n) is 10.6. The molecule has 4 heterocycles. The van der Waals surface area contributed by atoms with E-state index in [0.29, 0.717) is 5.95 Å². The second-order valence-electron chi connectivity index (χ2n) is 17.8. The van der Waals surface area contributed by atoms with Crippen molar-refractivity contribution in [3.63, 3.8) is 0 Å². The minimum Gasteiger partial charge on any atom is -0.311 e. The SMILES string of the molecule is c1ccc(-c2cc3nc(-n4c5ccc(-c6cccc7c6c6ccccc6n7-c6ccccc6)cc5c5c6ccccc6ccc54)nc(-c4ccc(N(c5ccccc5)c5ccccc5)cc4)c3s2)cc1. The van der Waals surface area contributed by atoms with Gasteiger partial charge in [-0.3, -0.25) is 4.57 Å². The van der Waals surface area contributed by atoms with Crippen molar-refractivity contribution < 1.29 is 0 Å². The van der Waals surface area contributed by atoms with Gasteiger partial charge in [-0.15, -0.1) is 11.3 Å². The molecular formula is C64H41N5S. The van der Waals surface area contributed by atoms with Crippen LogP contribution in [0.1, 0.15) is 0 Å². The lowest BCUT2D eigenvalue weighted by Gasteiger charge is -2.25. The van der Waals surface area contributed by atoms with E-state index in [1.807, 2.05) is 0 Å². The molecule has 14 aromatic rings. The highest BCUT2D eigenvalue weighted by Gasteiger charge is 2.23. The lowest BCUT2D eigenvalue weighted by atomic mass is 9.97. The number of anilines is 3. The number of hydrogen-bond donors (Lipinski definition) is 0. The molecule has 5 nitrogen and oxygen atoms in total. The predicted octanol–water partition coefficient (Wildman–Crippen LogP) is 17.5. The van der Waals surface area contributed by atoms with E-state index in [-0.39, 0.29) is 0 Å². The van der Waals surface area contributed by atoms with Crippen LogP contribution in [0.2, 0.25) is 0 Å². The lowest BCUT2D eigenvalue weighted by Crippen LogP contribution is -2.09. The quantitative estimate of drug-likeness (QED) is 0.152. The Bertz CT molecular complexity index is 4230. The molecule has 0 saturated carbocycles. The van der Waals surface area contributed by atoms with Crippen molar-refractivity contribution in [3.8, 4) is 44.5 Å². The summed E-state index contributed by atoms with van der Waals surface area (Å²) in [6.45, 7) is 0. The van der Waals surface area contributed by atoms with E-state index in [1.54, 1.807) is 11.3 Å². The van der Waals surface area contributed by atoms with Crippen molar-refractivity contribution in [1.82, 2.24) is 19.1 Å². The molecule has 0 saturated heterocycles. The molecule has 0 aliphatic rings. The second-order valence-corrected chi connectivity index (χ2v) is 18.8. The summed E-state index contributed by atoms with van der Waals surface area (Å²) in [5.74, 6) is 0.634. The van der Waals surface area contributed by atoms with Crippen molar-refractivity contribution in [1.29, 1.82) is 0 Å². The zero-order chi connectivity index (χ0) is 46.1. The molecule has 0 unspecified atom stereocenters. The van der Waals surface area contributed by atoms with Crippen molar-refractivity contribution in [2.45, 2.75) is 0 Å². The first kappa shape index (κ1) is 40.0. The highest BCUT2D eigenvalue weighted by atomic mass is 32.1. The minimum absolute atomic E-state index is 0.634. The summed E-state index contributed by atoms with van der Waals surface area (Å²) in [5, 5.41) is 7.18. The summed E-state index contributed by atoms with van der Waals surface area (Å²) in [7, 11) is 0. The van der Waals surface area contributed by atoms with E-state index in [2.05, 4.69) is 263 Å². The van der Waals surface area contributed by atoms with Crippen LogP contribution in [0.25, 0.3) is 109 Å². The number of rotatable bonds is 8. The molecular weight excluding hydrogens is 871 g/mol. The maximum absolute atomic E-state index is 5.62. The van der Waals surface area contributed by atoms with E-state index in [9.17, 15) is 0 Å². The Morgan fingerprint density at radius 1 is 0.371 bits per heavy atom. The van der Waals surface area contributed by atoms with Gasteiger partial charge in [-0.25, -0.2) is 9.97 Å².